The van der Waals surface area contributed by atoms with Crippen molar-refractivity contribution in [1.29, 1.82) is 0 Å². The maximum absolute atomic E-state index is 10.3. The first-order chi connectivity index (χ1) is 6.22. The van der Waals surface area contributed by atoms with Crippen molar-refractivity contribution in [2.24, 2.45) is 0 Å². The Morgan fingerprint density at radius 3 is 2.77 bits per heavy atom. The molecule has 1 rings (SSSR count). The SMILES string of the molecule is O=S(O)NCc1cccc(CCl)c1. The third kappa shape index (κ3) is 3.87. The van der Waals surface area contributed by atoms with Crippen molar-refractivity contribution in [3.8, 4) is 0 Å². The number of halogens is 1. The molecule has 0 aliphatic carbocycles. The van der Waals surface area contributed by atoms with Gasteiger partial charge in [0, 0.05) is 12.4 Å². The molecule has 0 aliphatic heterocycles. The van der Waals surface area contributed by atoms with E-state index in [2.05, 4.69) is 4.72 Å². The molecule has 1 unspecified atom stereocenters. The van der Waals surface area contributed by atoms with Gasteiger partial charge in [0.25, 0.3) is 0 Å². The molecule has 72 valence electrons. The maximum Gasteiger partial charge on any atom is 0.232 e. The van der Waals surface area contributed by atoms with Crippen molar-refractivity contribution in [2.45, 2.75) is 12.4 Å². The van der Waals surface area contributed by atoms with Gasteiger partial charge in [-0.1, -0.05) is 24.3 Å². The van der Waals surface area contributed by atoms with Gasteiger partial charge < -0.3 is 0 Å². The van der Waals surface area contributed by atoms with Crippen LogP contribution in [-0.2, 0) is 23.7 Å². The zero-order valence-electron chi connectivity index (χ0n) is 6.87. The zero-order valence-corrected chi connectivity index (χ0v) is 8.44. The minimum atomic E-state index is -1.96. The monoisotopic (exact) mass is 219 g/mol. The molecule has 0 bridgehead atoms. The lowest BCUT2D eigenvalue weighted by Crippen LogP contribution is -2.15. The lowest BCUT2D eigenvalue weighted by molar-refractivity contribution is 0.548. The summed E-state index contributed by atoms with van der Waals surface area (Å²) in [5, 5.41) is 0. The molecule has 5 heteroatoms. The molecule has 3 nitrogen and oxygen atoms in total. The van der Waals surface area contributed by atoms with Gasteiger partial charge in [0.05, 0.1) is 0 Å². The highest BCUT2D eigenvalue weighted by Crippen LogP contribution is 2.07. The molecule has 0 spiro atoms. The summed E-state index contributed by atoms with van der Waals surface area (Å²) in [4.78, 5) is 0. The van der Waals surface area contributed by atoms with Crippen LogP contribution in [0.5, 0.6) is 0 Å². The molecule has 0 aliphatic rings. The van der Waals surface area contributed by atoms with Gasteiger partial charge in [0.1, 0.15) is 0 Å². The van der Waals surface area contributed by atoms with Crippen molar-refractivity contribution < 1.29 is 8.76 Å². The Kier molecular flexibility index (Phi) is 4.38. The van der Waals surface area contributed by atoms with Gasteiger partial charge >= 0.3 is 0 Å². The van der Waals surface area contributed by atoms with Crippen LogP contribution in [0.2, 0.25) is 0 Å². The highest BCUT2D eigenvalue weighted by Gasteiger charge is 1.96. The number of rotatable bonds is 4. The van der Waals surface area contributed by atoms with Crippen molar-refractivity contribution in [3.63, 3.8) is 0 Å². The smallest absolute Gasteiger partial charge is 0.232 e. The minimum Gasteiger partial charge on any atom is -0.294 e. The van der Waals surface area contributed by atoms with Gasteiger partial charge in [0.2, 0.25) is 11.3 Å². The molecular formula is C8H10ClNO2S. The van der Waals surface area contributed by atoms with Gasteiger partial charge in [-0.15, -0.1) is 11.6 Å². The predicted molar refractivity (Wildman–Crippen MR) is 53.6 cm³/mol. The van der Waals surface area contributed by atoms with Crippen LogP contribution in [0.1, 0.15) is 11.1 Å². The van der Waals surface area contributed by atoms with E-state index in [4.69, 9.17) is 16.2 Å². The van der Waals surface area contributed by atoms with E-state index in [-0.39, 0.29) is 0 Å². The van der Waals surface area contributed by atoms with Gasteiger partial charge in [-0.2, -0.15) is 0 Å². The van der Waals surface area contributed by atoms with E-state index in [0.29, 0.717) is 12.4 Å². The van der Waals surface area contributed by atoms with Crippen LogP contribution < -0.4 is 4.72 Å². The van der Waals surface area contributed by atoms with Crippen molar-refractivity contribution in [2.75, 3.05) is 0 Å². The van der Waals surface area contributed by atoms with Crippen LogP contribution in [0.3, 0.4) is 0 Å². The first kappa shape index (κ1) is 10.7. The fourth-order valence-corrected chi connectivity index (χ4v) is 1.42. The minimum absolute atomic E-state index is 0.369. The molecule has 0 heterocycles. The molecule has 0 fully saturated rings. The largest absolute Gasteiger partial charge is 0.294 e. The van der Waals surface area contributed by atoms with E-state index in [1.54, 1.807) is 0 Å². The summed E-state index contributed by atoms with van der Waals surface area (Å²) in [6.45, 7) is 0.369. The van der Waals surface area contributed by atoms with Crippen LogP contribution in [0.4, 0.5) is 0 Å². The van der Waals surface area contributed by atoms with Crippen LogP contribution in [0.25, 0.3) is 0 Å². The summed E-state index contributed by atoms with van der Waals surface area (Å²) in [7, 11) is 0. The van der Waals surface area contributed by atoms with Crippen molar-refractivity contribution in [1.82, 2.24) is 4.72 Å². The third-order valence-corrected chi connectivity index (χ3v) is 2.25. The molecule has 0 radical (unpaired) electrons. The average Bonchev–Trinajstić information content (AvgIpc) is 2.15. The van der Waals surface area contributed by atoms with Crippen LogP contribution >= 0.6 is 11.6 Å². The molecule has 0 aromatic heterocycles. The normalized spacial score (nSPS) is 12.8. The van der Waals surface area contributed by atoms with Gasteiger partial charge in [0.15, 0.2) is 0 Å². The molecule has 13 heavy (non-hydrogen) atoms. The molecule has 0 saturated heterocycles. The number of benzene rings is 1. The summed E-state index contributed by atoms with van der Waals surface area (Å²) in [6, 6.07) is 7.55. The molecule has 0 saturated carbocycles. The van der Waals surface area contributed by atoms with E-state index in [1.807, 2.05) is 24.3 Å². The maximum atomic E-state index is 10.3. The zero-order chi connectivity index (χ0) is 9.68. The quantitative estimate of drug-likeness (QED) is 0.598. The third-order valence-electron chi connectivity index (χ3n) is 1.55. The molecule has 1 aromatic carbocycles. The molecule has 1 aromatic rings. The second kappa shape index (κ2) is 5.34. The summed E-state index contributed by atoms with van der Waals surface area (Å²) in [5.41, 5.74) is 1.95. The topological polar surface area (TPSA) is 49.3 Å². The van der Waals surface area contributed by atoms with E-state index in [9.17, 15) is 4.21 Å². The average molecular weight is 220 g/mol. The fourth-order valence-electron chi connectivity index (χ4n) is 0.968. The lowest BCUT2D eigenvalue weighted by atomic mass is 10.1. The second-order valence-electron chi connectivity index (χ2n) is 2.52. The summed E-state index contributed by atoms with van der Waals surface area (Å²) in [5.74, 6) is 0.454. The Morgan fingerprint density at radius 2 is 2.15 bits per heavy atom. The molecule has 2 N–H and O–H groups in total. The number of hydrogen-bond acceptors (Lipinski definition) is 1. The highest BCUT2D eigenvalue weighted by atomic mass is 35.5. The van der Waals surface area contributed by atoms with E-state index in [0.717, 1.165) is 11.1 Å². The Bertz CT molecular complexity index is 306. The summed E-state index contributed by atoms with van der Waals surface area (Å²) >= 11 is 3.67. The number of hydrogen-bond donors (Lipinski definition) is 2. The Hall–Kier alpha value is -0.420. The van der Waals surface area contributed by atoms with Gasteiger partial charge in [-0.25, -0.2) is 8.93 Å². The van der Waals surface area contributed by atoms with Crippen molar-refractivity contribution >= 4 is 22.9 Å². The van der Waals surface area contributed by atoms with Crippen LogP contribution in [0.15, 0.2) is 24.3 Å². The van der Waals surface area contributed by atoms with Crippen LogP contribution in [-0.4, -0.2) is 8.76 Å². The van der Waals surface area contributed by atoms with Gasteiger partial charge in [-0.3, -0.25) is 4.55 Å². The van der Waals surface area contributed by atoms with Crippen LogP contribution in [0, 0.1) is 0 Å². The van der Waals surface area contributed by atoms with Crippen molar-refractivity contribution in [3.05, 3.63) is 35.4 Å². The lowest BCUT2D eigenvalue weighted by Gasteiger charge is -2.02. The summed E-state index contributed by atoms with van der Waals surface area (Å²) < 4.78 is 21.2. The number of nitrogens with one attached hydrogen (secondary N) is 1. The first-order valence-corrected chi connectivity index (χ1v) is 5.34. The number of alkyl halides is 1. The van der Waals surface area contributed by atoms with E-state index >= 15 is 0 Å². The predicted octanol–water partition coefficient (Wildman–Crippen LogP) is 1.65. The highest BCUT2D eigenvalue weighted by molar-refractivity contribution is 7.77. The van der Waals surface area contributed by atoms with E-state index in [1.165, 1.54) is 0 Å². The Balaban J connectivity index is 2.61. The second-order valence-corrected chi connectivity index (χ2v) is 3.58. The Labute approximate surface area is 84.5 Å². The fraction of sp³-hybridized carbons (Fsp3) is 0.250. The molecular weight excluding hydrogens is 210 g/mol. The Morgan fingerprint density at radius 1 is 1.46 bits per heavy atom. The molecule has 0 amide bonds. The molecule has 1 atom stereocenters. The first-order valence-electron chi connectivity index (χ1n) is 3.70. The van der Waals surface area contributed by atoms with Gasteiger partial charge in [-0.05, 0) is 11.1 Å². The summed E-state index contributed by atoms with van der Waals surface area (Å²) in [6.07, 6.45) is 0. The standard InChI is InChI=1S/C8H10ClNO2S/c9-5-7-2-1-3-8(4-7)6-10-13(11)12/h1-4,10H,5-6H2,(H,11,12). The van der Waals surface area contributed by atoms with E-state index < -0.39 is 11.3 Å².